The molecule has 9 nitrogen and oxygen atoms in total. The van der Waals surface area contributed by atoms with Crippen molar-refractivity contribution in [1.29, 1.82) is 0 Å². The third kappa shape index (κ3) is 6.69. The second-order valence-electron chi connectivity index (χ2n) is 3.40. The lowest BCUT2D eigenvalue weighted by Crippen LogP contribution is -2.28. The Kier molecular flexibility index (Phi) is 5.20. The number of aliphatic carboxylic acids is 1. The molecule has 1 heterocycles. The van der Waals surface area contributed by atoms with Crippen LogP contribution in [0.5, 0.6) is 0 Å². The average molecular weight is 309 g/mol. The Labute approximate surface area is 112 Å². The van der Waals surface area contributed by atoms with Crippen molar-refractivity contribution in [3.8, 4) is 0 Å². The van der Waals surface area contributed by atoms with E-state index in [0.717, 1.165) is 17.6 Å². The molecule has 0 aromatic carbocycles. The highest BCUT2D eigenvalue weighted by atomic mass is 32.2. The first kappa shape index (κ1) is 15.3. The molecule has 0 saturated heterocycles. The number of rotatable bonds is 7. The van der Waals surface area contributed by atoms with Gasteiger partial charge in [0.15, 0.2) is 11.7 Å². The number of carboxylic acids is 1. The van der Waals surface area contributed by atoms with Crippen LogP contribution in [0, 0.1) is 0 Å². The fraction of sp³-hybridized carbons (Fsp3) is 0.375. The van der Waals surface area contributed by atoms with E-state index >= 15 is 0 Å². The van der Waals surface area contributed by atoms with E-state index in [1.165, 1.54) is 5.38 Å². The SMILES string of the molecule is CS(=O)(=O)Nc1nc(CC(=O)NOCC(=O)O)cs1. The monoisotopic (exact) mass is 309 g/mol. The number of sulfonamides is 1. The maximum Gasteiger partial charge on any atom is 0.332 e. The van der Waals surface area contributed by atoms with Crippen molar-refractivity contribution >= 4 is 38.4 Å². The quantitative estimate of drug-likeness (QED) is 0.560. The molecule has 0 fully saturated rings. The normalized spacial score (nSPS) is 11.0. The van der Waals surface area contributed by atoms with E-state index in [9.17, 15) is 18.0 Å². The summed E-state index contributed by atoms with van der Waals surface area (Å²) in [6.07, 6.45) is 0.835. The van der Waals surface area contributed by atoms with E-state index in [2.05, 4.69) is 14.5 Å². The predicted molar refractivity (Wildman–Crippen MR) is 66.0 cm³/mol. The lowest BCUT2D eigenvalue weighted by atomic mass is 10.3. The van der Waals surface area contributed by atoms with Crippen molar-refractivity contribution in [2.75, 3.05) is 17.6 Å². The highest BCUT2D eigenvalue weighted by molar-refractivity contribution is 7.92. The van der Waals surface area contributed by atoms with E-state index in [4.69, 9.17) is 5.11 Å². The van der Waals surface area contributed by atoms with Gasteiger partial charge in [-0.15, -0.1) is 11.3 Å². The van der Waals surface area contributed by atoms with E-state index in [-0.39, 0.29) is 11.6 Å². The minimum Gasteiger partial charge on any atom is -0.479 e. The second kappa shape index (κ2) is 6.45. The molecule has 0 atom stereocenters. The Morgan fingerprint density at radius 2 is 2.21 bits per heavy atom. The van der Waals surface area contributed by atoms with Crippen molar-refractivity contribution < 1.29 is 28.0 Å². The van der Waals surface area contributed by atoms with Crippen molar-refractivity contribution in [2.45, 2.75) is 6.42 Å². The van der Waals surface area contributed by atoms with Crippen LogP contribution in [-0.2, 0) is 30.9 Å². The van der Waals surface area contributed by atoms with Crippen LogP contribution in [-0.4, -0.2) is 43.2 Å². The van der Waals surface area contributed by atoms with Crippen LogP contribution >= 0.6 is 11.3 Å². The second-order valence-corrected chi connectivity index (χ2v) is 6.01. The molecule has 0 aliphatic heterocycles. The predicted octanol–water partition coefficient (Wildman–Crippen LogP) is -0.810. The lowest BCUT2D eigenvalue weighted by molar-refractivity contribution is -0.149. The maximum absolute atomic E-state index is 11.3. The Morgan fingerprint density at radius 3 is 2.79 bits per heavy atom. The van der Waals surface area contributed by atoms with Gasteiger partial charge in [0.2, 0.25) is 15.9 Å². The molecule has 0 saturated carbocycles. The first-order chi connectivity index (χ1) is 8.76. The van der Waals surface area contributed by atoms with Crippen LogP contribution in [0.3, 0.4) is 0 Å². The zero-order valence-corrected chi connectivity index (χ0v) is 11.4. The summed E-state index contributed by atoms with van der Waals surface area (Å²) in [7, 11) is -3.41. The zero-order chi connectivity index (χ0) is 14.5. The van der Waals surface area contributed by atoms with Gasteiger partial charge in [-0.2, -0.15) is 0 Å². The maximum atomic E-state index is 11.3. The average Bonchev–Trinajstić information content (AvgIpc) is 2.61. The molecule has 3 N–H and O–H groups in total. The van der Waals surface area contributed by atoms with Gasteiger partial charge in [0.05, 0.1) is 18.4 Å². The van der Waals surface area contributed by atoms with Gasteiger partial charge in [-0.25, -0.2) is 23.7 Å². The van der Waals surface area contributed by atoms with E-state index < -0.39 is 28.5 Å². The number of thiazole rings is 1. The topological polar surface area (TPSA) is 135 Å². The van der Waals surface area contributed by atoms with Crippen LogP contribution in [0.2, 0.25) is 0 Å². The van der Waals surface area contributed by atoms with Crippen LogP contribution in [0.4, 0.5) is 5.13 Å². The third-order valence-electron chi connectivity index (χ3n) is 1.55. The smallest absolute Gasteiger partial charge is 0.332 e. The number of nitrogens with one attached hydrogen (secondary N) is 2. The number of carbonyl (C=O) groups excluding carboxylic acids is 1. The van der Waals surface area contributed by atoms with Crippen LogP contribution < -0.4 is 10.2 Å². The summed E-state index contributed by atoms with van der Waals surface area (Å²) >= 11 is 1.03. The molecule has 1 rings (SSSR count). The van der Waals surface area contributed by atoms with Crippen molar-refractivity contribution in [3.63, 3.8) is 0 Å². The van der Waals surface area contributed by atoms with Gasteiger partial charge in [-0.3, -0.25) is 14.4 Å². The number of amides is 1. The number of anilines is 1. The number of carbonyl (C=O) groups is 2. The van der Waals surface area contributed by atoms with Gasteiger partial charge in [-0.05, 0) is 0 Å². The largest absolute Gasteiger partial charge is 0.479 e. The Balaban J connectivity index is 2.45. The van der Waals surface area contributed by atoms with Crippen molar-refractivity contribution in [2.24, 2.45) is 0 Å². The van der Waals surface area contributed by atoms with Crippen molar-refractivity contribution in [3.05, 3.63) is 11.1 Å². The summed E-state index contributed by atoms with van der Waals surface area (Å²) < 4.78 is 24.0. The summed E-state index contributed by atoms with van der Waals surface area (Å²) in [4.78, 5) is 29.7. The molecule has 11 heteroatoms. The van der Waals surface area contributed by atoms with Gasteiger partial charge in [0, 0.05) is 5.38 Å². The number of nitrogens with zero attached hydrogens (tertiary/aromatic N) is 1. The van der Waals surface area contributed by atoms with Gasteiger partial charge in [-0.1, -0.05) is 0 Å². The molecular formula is C8H11N3O6S2. The fourth-order valence-electron chi connectivity index (χ4n) is 0.973. The molecule has 0 spiro atoms. The van der Waals surface area contributed by atoms with Gasteiger partial charge in [0.1, 0.15) is 0 Å². The van der Waals surface area contributed by atoms with Crippen LogP contribution in [0.15, 0.2) is 5.38 Å². The molecular weight excluding hydrogens is 298 g/mol. The Hall–Kier alpha value is -1.72. The van der Waals surface area contributed by atoms with Gasteiger partial charge >= 0.3 is 5.97 Å². The number of aromatic nitrogens is 1. The molecule has 0 aliphatic carbocycles. The Morgan fingerprint density at radius 1 is 1.53 bits per heavy atom. The molecule has 1 amide bonds. The summed E-state index contributed by atoms with van der Waals surface area (Å²) in [5.41, 5.74) is 2.27. The molecule has 0 radical (unpaired) electrons. The minimum atomic E-state index is -3.41. The lowest BCUT2D eigenvalue weighted by Gasteiger charge is -2.01. The summed E-state index contributed by atoms with van der Waals surface area (Å²) in [6, 6.07) is 0. The Bertz CT molecular complexity index is 567. The molecule has 0 aliphatic rings. The number of hydroxylamine groups is 1. The highest BCUT2D eigenvalue weighted by Gasteiger charge is 2.10. The first-order valence-electron chi connectivity index (χ1n) is 4.81. The number of carboxylic acid groups (broad SMARTS) is 1. The third-order valence-corrected chi connectivity index (χ3v) is 3.05. The highest BCUT2D eigenvalue weighted by Crippen LogP contribution is 2.16. The molecule has 1 aromatic rings. The number of hydrogen-bond acceptors (Lipinski definition) is 7. The molecule has 19 heavy (non-hydrogen) atoms. The van der Waals surface area contributed by atoms with E-state index in [1.807, 2.05) is 5.48 Å². The van der Waals surface area contributed by atoms with E-state index in [0.29, 0.717) is 5.69 Å². The zero-order valence-electron chi connectivity index (χ0n) is 9.74. The summed E-state index contributed by atoms with van der Waals surface area (Å²) in [6.45, 7) is -0.649. The summed E-state index contributed by atoms with van der Waals surface area (Å²) in [5, 5.41) is 9.93. The molecule has 0 unspecified atom stereocenters. The number of hydrogen-bond donors (Lipinski definition) is 3. The molecule has 106 valence electrons. The minimum absolute atomic E-state index is 0.150. The van der Waals surface area contributed by atoms with Gasteiger partial charge in [0.25, 0.3) is 0 Å². The van der Waals surface area contributed by atoms with Crippen molar-refractivity contribution in [1.82, 2.24) is 10.5 Å². The van der Waals surface area contributed by atoms with E-state index in [1.54, 1.807) is 0 Å². The fourth-order valence-corrected chi connectivity index (χ4v) is 2.54. The van der Waals surface area contributed by atoms with Gasteiger partial charge < -0.3 is 5.11 Å². The standard InChI is InChI=1S/C8H11N3O6S2/c1-19(15,16)11-8-9-5(4-18-8)2-6(12)10-17-3-7(13)14/h4H,2-3H2,1H3,(H,9,11)(H,10,12)(H,13,14). The summed E-state index contributed by atoms with van der Waals surface area (Å²) in [5.74, 6) is -1.80. The molecule has 0 bridgehead atoms. The van der Waals surface area contributed by atoms with Crippen LogP contribution in [0.25, 0.3) is 0 Å². The molecule has 1 aromatic heterocycles. The first-order valence-corrected chi connectivity index (χ1v) is 7.58. The van der Waals surface area contributed by atoms with Crippen LogP contribution in [0.1, 0.15) is 5.69 Å².